The molecule has 0 bridgehead atoms. The van der Waals surface area contributed by atoms with Crippen molar-refractivity contribution in [3.63, 3.8) is 0 Å². The minimum atomic E-state index is -1.34. The van der Waals surface area contributed by atoms with E-state index in [4.69, 9.17) is 0 Å². The number of aryl methyl sites for hydroxylation is 1. The summed E-state index contributed by atoms with van der Waals surface area (Å²) in [4.78, 5) is 0. The van der Waals surface area contributed by atoms with Gasteiger partial charge in [-0.3, -0.25) is 0 Å². The van der Waals surface area contributed by atoms with Crippen molar-refractivity contribution < 1.29 is 45.2 Å². The normalized spacial score (nSPS) is 19.8. The predicted molar refractivity (Wildman–Crippen MR) is 102 cm³/mol. The molecule has 0 radical (unpaired) electrons. The zero-order valence-electron chi connectivity index (χ0n) is 15.5. The summed E-state index contributed by atoms with van der Waals surface area (Å²) in [7, 11) is -1.34. The Bertz CT molecular complexity index is 1000. The number of halogens is 2. The molecule has 1 unspecified atom stereocenters. The summed E-state index contributed by atoms with van der Waals surface area (Å²) < 4.78 is 0.515. The van der Waals surface area contributed by atoms with E-state index in [-0.39, 0.29) is 24.8 Å². The molecule has 1 atom stereocenters. The minimum absolute atomic E-state index is 0. The van der Waals surface area contributed by atoms with Crippen molar-refractivity contribution in [2.24, 2.45) is 0 Å². The second kappa shape index (κ2) is 6.50. The van der Waals surface area contributed by atoms with E-state index in [1.165, 1.54) is 16.7 Å². The molecule has 0 fully saturated rings. The fourth-order valence-corrected chi connectivity index (χ4v) is 9.85. The zero-order chi connectivity index (χ0) is 16.8. The third kappa shape index (κ3) is 2.45. The van der Waals surface area contributed by atoms with Crippen LogP contribution in [0.4, 0.5) is 0 Å². The average molecular weight is 432 g/mol. The zero-order valence-corrected chi connectivity index (χ0v) is 19.6. The van der Waals surface area contributed by atoms with Gasteiger partial charge in [-0.05, 0) is 0 Å². The fraction of sp³-hybridized carbons (Fsp3) is 0.273. The first-order valence-electron chi connectivity index (χ1n) is 8.82. The molecule has 1 aliphatic heterocycles. The molecule has 0 saturated carbocycles. The minimum Gasteiger partial charge on any atom is -1.00 e. The molecule has 0 saturated heterocycles. The van der Waals surface area contributed by atoms with Gasteiger partial charge in [-0.2, -0.15) is 0 Å². The predicted octanol–water partition coefficient (Wildman–Crippen LogP) is -1.59. The molecule has 131 valence electrons. The van der Waals surface area contributed by atoms with E-state index < -0.39 is 8.07 Å². The van der Waals surface area contributed by atoms with Gasteiger partial charge in [0.15, 0.2) is 0 Å². The molecule has 0 amide bonds. The molecule has 0 spiro atoms. The van der Waals surface area contributed by atoms with Crippen molar-refractivity contribution in [1.29, 1.82) is 0 Å². The number of hydrogen-bond acceptors (Lipinski definition) is 0. The second-order valence-corrected chi connectivity index (χ2v) is 13.2. The van der Waals surface area contributed by atoms with Crippen LogP contribution in [0.5, 0.6) is 0 Å². The van der Waals surface area contributed by atoms with E-state index in [2.05, 4.69) is 83.8 Å². The summed E-state index contributed by atoms with van der Waals surface area (Å²) in [5, 5.41) is 3.49. The topological polar surface area (TPSA) is 0 Å². The molecule has 2 aromatic rings. The Labute approximate surface area is 181 Å². The van der Waals surface area contributed by atoms with Crippen LogP contribution in [0.1, 0.15) is 38.5 Å². The Balaban J connectivity index is 0.000000980. The van der Waals surface area contributed by atoms with Gasteiger partial charge >= 0.3 is 157 Å². The van der Waals surface area contributed by atoms with E-state index in [0.717, 1.165) is 6.42 Å². The Morgan fingerprint density at radius 3 is 2.42 bits per heavy atom. The number of allylic oxidation sites excluding steroid dienone is 4. The fourth-order valence-electron chi connectivity index (χ4n) is 5.07. The average Bonchev–Trinajstić information content (AvgIpc) is 2.91. The molecule has 4 heteroatoms. The summed E-state index contributed by atoms with van der Waals surface area (Å²) in [5.41, 5.74) is 12.4. The van der Waals surface area contributed by atoms with Crippen molar-refractivity contribution in [2.75, 3.05) is 0 Å². The number of benzene rings is 2. The summed E-state index contributed by atoms with van der Waals surface area (Å²) in [6.07, 6.45) is 7.96. The van der Waals surface area contributed by atoms with Gasteiger partial charge in [0.2, 0.25) is 0 Å². The van der Waals surface area contributed by atoms with Crippen LogP contribution in [-0.4, -0.2) is 8.07 Å². The first-order chi connectivity index (χ1) is 11.4. The molecular weight excluding hydrogens is 411 g/mol. The van der Waals surface area contributed by atoms with E-state index in [1.54, 1.807) is 38.2 Å². The van der Waals surface area contributed by atoms with Crippen LogP contribution < -0.4 is 35.2 Å². The van der Waals surface area contributed by atoms with Crippen LogP contribution in [0, 0.1) is 13.8 Å². The molecule has 1 heterocycles. The van der Waals surface area contributed by atoms with Crippen LogP contribution in [0.25, 0.3) is 16.7 Å². The smallest absolute Gasteiger partial charge is 1.00 e. The Kier molecular flexibility index (Phi) is 5.04. The van der Waals surface area contributed by atoms with Gasteiger partial charge in [0, 0.05) is 0 Å². The van der Waals surface area contributed by atoms with Gasteiger partial charge in [0.1, 0.15) is 0 Å². The van der Waals surface area contributed by atoms with E-state index >= 15 is 0 Å². The second-order valence-electron chi connectivity index (χ2n) is 8.01. The van der Waals surface area contributed by atoms with Gasteiger partial charge in [0.25, 0.3) is 0 Å². The van der Waals surface area contributed by atoms with Gasteiger partial charge in [-0.1, -0.05) is 0 Å². The van der Waals surface area contributed by atoms with Gasteiger partial charge < -0.3 is 24.8 Å². The van der Waals surface area contributed by atoms with Crippen molar-refractivity contribution in [2.45, 2.75) is 37.6 Å². The van der Waals surface area contributed by atoms with Gasteiger partial charge in [0.05, 0.1) is 0 Å². The van der Waals surface area contributed by atoms with Crippen molar-refractivity contribution >= 4 is 24.0 Å². The van der Waals surface area contributed by atoms with Crippen molar-refractivity contribution in [3.8, 4) is 11.1 Å². The number of rotatable bonds is 1. The van der Waals surface area contributed by atoms with Crippen LogP contribution in [0.15, 0.2) is 36.4 Å². The van der Waals surface area contributed by atoms with Crippen LogP contribution >= 0.6 is 0 Å². The Morgan fingerprint density at radius 2 is 1.77 bits per heavy atom. The monoisotopic (exact) mass is 431 g/mol. The third-order valence-corrected chi connectivity index (χ3v) is 10.5. The Morgan fingerprint density at radius 1 is 1.04 bits per heavy atom. The third-order valence-electron chi connectivity index (χ3n) is 6.14. The van der Waals surface area contributed by atoms with Gasteiger partial charge in [-0.25, -0.2) is 0 Å². The van der Waals surface area contributed by atoms with Crippen LogP contribution in [0.3, 0.4) is 0 Å². The first-order valence-corrected chi connectivity index (χ1v) is 12.7. The molecule has 26 heavy (non-hydrogen) atoms. The van der Waals surface area contributed by atoms with Crippen LogP contribution in [0.2, 0.25) is 13.1 Å². The number of hydrogen-bond donors (Lipinski definition) is 0. The molecule has 5 rings (SSSR count). The maximum absolute atomic E-state index is 2.53. The number of fused-ring (bicyclic) bond motifs is 5. The van der Waals surface area contributed by atoms with E-state index in [9.17, 15) is 0 Å². The summed E-state index contributed by atoms with van der Waals surface area (Å²) in [6.45, 7) is 9.67. The van der Waals surface area contributed by atoms with Crippen LogP contribution in [-0.2, 0) is 20.4 Å². The standard InChI is InChI=1S/C22H21Si.2ClH.Ti/c1-13-9-10-17-16(11-13)12-18-19(15-7-5-6-8-15)14(2)21-22(20(17)18)23(21,3)4;;;/h5-7,9-12H,8H2,1-4H3;2*1H;/q;;;+2/p-2. The molecule has 3 aliphatic rings. The van der Waals surface area contributed by atoms with E-state index in [1.807, 2.05) is 0 Å². The molecule has 0 N–H and O–H groups in total. The van der Waals surface area contributed by atoms with E-state index in [0.29, 0.717) is 4.22 Å². The summed E-state index contributed by atoms with van der Waals surface area (Å²) >= 11 is 2.42. The Hall–Kier alpha value is -0.569. The quantitative estimate of drug-likeness (QED) is 0.477. The summed E-state index contributed by atoms with van der Waals surface area (Å²) in [5.74, 6) is 0. The maximum Gasteiger partial charge on any atom is -1.00 e. The molecule has 0 aromatic heterocycles. The largest absolute Gasteiger partial charge is 1.00 e. The molecular formula is C22H21Cl2SiTi. The molecule has 0 nitrogen and oxygen atoms in total. The van der Waals surface area contributed by atoms with Crippen molar-refractivity contribution in [3.05, 3.63) is 64.2 Å². The van der Waals surface area contributed by atoms with Gasteiger partial charge in [-0.15, -0.1) is 0 Å². The molecule has 2 aromatic carbocycles. The first kappa shape index (κ1) is 20.2. The van der Waals surface area contributed by atoms with Crippen molar-refractivity contribution in [1.82, 2.24) is 0 Å². The SMILES string of the molecule is Cc1ccc2c(c1)[CH]([Ti+2])c1c(C3=CC=CC3)c(C)c3c(c1-2)[Si]3(C)C.[Cl-].[Cl-]. The summed E-state index contributed by atoms with van der Waals surface area (Å²) in [6, 6.07) is 7.10. The molecule has 2 aliphatic carbocycles. The maximum atomic E-state index is 2.53.